The summed E-state index contributed by atoms with van der Waals surface area (Å²) in [5, 5.41) is 9.04. The molecule has 0 heterocycles. The molecule has 0 aliphatic carbocycles. The van der Waals surface area contributed by atoms with Gasteiger partial charge in [-0.15, -0.1) is 0 Å². The summed E-state index contributed by atoms with van der Waals surface area (Å²) in [6.07, 6.45) is 0. The lowest BCUT2D eigenvalue weighted by Crippen LogP contribution is -2.37. The predicted octanol–water partition coefficient (Wildman–Crippen LogP) is 1.21. The molecule has 0 saturated heterocycles. The Bertz CT molecular complexity index is 391. The van der Waals surface area contributed by atoms with E-state index in [0.717, 1.165) is 5.69 Å². The van der Waals surface area contributed by atoms with Crippen molar-refractivity contribution in [2.45, 2.75) is 13.0 Å². The molecule has 0 aromatic heterocycles. The standard InChI is InChI=1S/C13H20N2O2/c1-10(9-16)15(4)13(17)11-6-5-7-12(8-11)14(2)3/h5-8,10,16H,9H2,1-4H3. The molecule has 4 heteroatoms. The molecule has 1 amide bonds. The van der Waals surface area contributed by atoms with Gasteiger partial charge in [-0.25, -0.2) is 0 Å². The number of benzene rings is 1. The van der Waals surface area contributed by atoms with E-state index in [-0.39, 0.29) is 18.6 Å². The van der Waals surface area contributed by atoms with Crippen LogP contribution in [-0.4, -0.2) is 49.7 Å². The van der Waals surface area contributed by atoms with Crippen molar-refractivity contribution in [1.82, 2.24) is 4.90 Å². The van der Waals surface area contributed by atoms with Crippen LogP contribution < -0.4 is 4.90 Å². The Balaban J connectivity index is 2.92. The van der Waals surface area contributed by atoms with E-state index < -0.39 is 0 Å². The van der Waals surface area contributed by atoms with Gasteiger partial charge in [0.15, 0.2) is 0 Å². The minimum atomic E-state index is -0.175. The lowest BCUT2D eigenvalue weighted by atomic mass is 10.1. The van der Waals surface area contributed by atoms with Gasteiger partial charge in [-0.3, -0.25) is 4.79 Å². The summed E-state index contributed by atoms with van der Waals surface area (Å²) < 4.78 is 0. The van der Waals surface area contributed by atoms with E-state index in [4.69, 9.17) is 5.11 Å². The van der Waals surface area contributed by atoms with Crippen molar-refractivity contribution >= 4 is 11.6 Å². The zero-order valence-corrected chi connectivity index (χ0v) is 10.8. The Labute approximate surface area is 102 Å². The molecule has 1 unspecified atom stereocenters. The molecule has 1 N–H and O–H groups in total. The van der Waals surface area contributed by atoms with Gasteiger partial charge in [0.25, 0.3) is 5.91 Å². The first-order valence-corrected chi connectivity index (χ1v) is 5.62. The van der Waals surface area contributed by atoms with Crippen LogP contribution in [0.4, 0.5) is 5.69 Å². The number of rotatable bonds is 4. The van der Waals surface area contributed by atoms with Gasteiger partial charge in [0.05, 0.1) is 12.6 Å². The lowest BCUT2D eigenvalue weighted by Gasteiger charge is -2.23. The van der Waals surface area contributed by atoms with Crippen LogP contribution in [0.25, 0.3) is 0 Å². The highest BCUT2D eigenvalue weighted by molar-refractivity contribution is 5.95. The topological polar surface area (TPSA) is 43.8 Å². The molecule has 94 valence electrons. The Morgan fingerprint density at radius 3 is 2.53 bits per heavy atom. The van der Waals surface area contributed by atoms with E-state index in [1.54, 1.807) is 18.0 Å². The number of nitrogens with zero attached hydrogens (tertiary/aromatic N) is 2. The van der Waals surface area contributed by atoms with Gasteiger partial charge in [0.1, 0.15) is 0 Å². The highest BCUT2D eigenvalue weighted by Gasteiger charge is 2.16. The minimum absolute atomic E-state index is 0.0321. The fourth-order valence-electron chi connectivity index (χ4n) is 1.44. The van der Waals surface area contributed by atoms with Crippen molar-refractivity contribution in [3.63, 3.8) is 0 Å². The molecule has 17 heavy (non-hydrogen) atoms. The van der Waals surface area contributed by atoms with Crippen LogP contribution in [0.15, 0.2) is 24.3 Å². The molecule has 0 aliphatic rings. The molecule has 1 atom stereocenters. The molecule has 0 radical (unpaired) electrons. The van der Waals surface area contributed by atoms with Crippen molar-refractivity contribution in [2.75, 3.05) is 32.6 Å². The van der Waals surface area contributed by atoms with Crippen LogP contribution in [0.1, 0.15) is 17.3 Å². The van der Waals surface area contributed by atoms with Gasteiger partial charge in [-0.1, -0.05) is 6.07 Å². The van der Waals surface area contributed by atoms with Gasteiger partial charge >= 0.3 is 0 Å². The molecule has 0 bridgehead atoms. The number of hydrogen-bond donors (Lipinski definition) is 1. The smallest absolute Gasteiger partial charge is 0.253 e. The number of carbonyl (C=O) groups is 1. The lowest BCUT2D eigenvalue weighted by molar-refractivity contribution is 0.0682. The second-order valence-corrected chi connectivity index (χ2v) is 4.39. The quantitative estimate of drug-likeness (QED) is 0.854. The van der Waals surface area contributed by atoms with Crippen molar-refractivity contribution in [3.8, 4) is 0 Å². The summed E-state index contributed by atoms with van der Waals surface area (Å²) in [6.45, 7) is 1.78. The largest absolute Gasteiger partial charge is 0.394 e. The third-order valence-corrected chi connectivity index (χ3v) is 2.86. The number of hydrogen-bond acceptors (Lipinski definition) is 3. The molecule has 1 aromatic rings. The van der Waals surface area contributed by atoms with Crippen molar-refractivity contribution < 1.29 is 9.90 Å². The Morgan fingerprint density at radius 1 is 1.35 bits per heavy atom. The van der Waals surface area contributed by atoms with Crippen LogP contribution in [0.5, 0.6) is 0 Å². The number of anilines is 1. The van der Waals surface area contributed by atoms with E-state index >= 15 is 0 Å². The summed E-state index contributed by atoms with van der Waals surface area (Å²) in [4.78, 5) is 15.6. The maximum absolute atomic E-state index is 12.1. The van der Waals surface area contributed by atoms with Gasteiger partial charge in [-0.05, 0) is 25.1 Å². The number of likely N-dealkylation sites (N-methyl/N-ethyl adjacent to an activating group) is 1. The van der Waals surface area contributed by atoms with Crippen LogP contribution in [0.3, 0.4) is 0 Å². The number of carbonyl (C=O) groups excluding carboxylic acids is 1. The first-order chi connectivity index (χ1) is 7.97. The fourth-order valence-corrected chi connectivity index (χ4v) is 1.44. The second-order valence-electron chi connectivity index (χ2n) is 4.39. The third-order valence-electron chi connectivity index (χ3n) is 2.86. The normalized spacial score (nSPS) is 12.1. The fraction of sp³-hybridized carbons (Fsp3) is 0.462. The van der Waals surface area contributed by atoms with Crippen molar-refractivity contribution in [3.05, 3.63) is 29.8 Å². The first-order valence-electron chi connectivity index (χ1n) is 5.62. The molecule has 0 spiro atoms. The highest BCUT2D eigenvalue weighted by atomic mass is 16.3. The zero-order chi connectivity index (χ0) is 13.0. The van der Waals surface area contributed by atoms with Crippen molar-refractivity contribution in [2.24, 2.45) is 0 Å². The predicted molar refractivity (Wildman–Crippen MR) is 69.4 cm³/mol. The van der Waals surface area contributed by atoms with Crippen LogP contribution in [-0.2, 0) is 0 Å². The molecule has 1 rings (SSSR count). The molecule has 1 aromatic carbocycles. The number of aliphatic hydroxyl groups excluding tert-OH is 1. The van der Waals surface area contributed by atoms with E-state index in [9.17, 15) is 4.79 Å². The second kappa shape index (κ2) is 5.68. The van der Waals surface area contributed by atoms with Crippen LogP contribution in [0.2, 0.25) is 0 Å². The van der Waals surface area contributed by atoms with Crippen molar-refractivity contribution in [1.29, 1.82) is 0 Å². The number of aliphatic hydroxyl groups is 1. The third kappa shape index (κ3) is 3.20. The summed E-state index contributed by atoms with van der Waals surface area (Å²) >= 11 is 0. The van der Waals surface area contributed by atoms with Gasteiger partial charge in [0, 0.05) is 32.4 Å². The van der Waals surface area contributed by atoms with E-state index in [2.05, 4.69) is 0 Å². The molecule has 0 saturated carbocycles. The SMILES string of the molecule is CC(CO)N(C)C(=O)c1cccc(N(C)C)c1. The molecular weight excluding hydrogens is 216 g/mol. The van der Waals surface area contributed by atoms with E-state index in [1.807, 2.05) is 44.1 Å². The average Bonchev–Trinajstić information content (AvgIpc) is 2.36. The monoisotopic (exact) mass is 236 g/mol. The van der Waals surface area contributed by atoms with Gasteiger partial charge in [0.2, 0.25) is 0 Å². The highest BCUT2D eigenvalue weighted by Crippen LogP contribution is 2.15. The summed E-state index contributed by atoms with van der Waals surface area (Å²) in [5.74, 6) is -0.0738. The molecular formula is C13H20N2O2. The Hall–Kier alpha value is -1.55. The van der Waals surface area contributed by atoms with Gasteiger partial charge < -0.3 is 14.9 Å². The van der Waals surface area contributed by atoms with Crippen LogP contribution in [0, 0.1) is 0 Å². The van der Waals surface area contributed by atoms with E-state index in [1.165, 1.54) is 0 Å². The molecule has 0 fully saturated rings. The number of amides is 1. The summed E-state index contributed by atoms with van der Waals surface area (Å²) in [6, 6.07) is 7.27. The molecule has 4 nitrogen and oxygen atoms in total. The molecule has 0 aliphatic heterocycles. The maximum Gasteiger partial charge on any atom is 0.253 e. The minimum Gasteiger partial charge on any atom is -0.394 e. The van der Waals surface area contributed by atoms with Crippen LogP contribution >= 0.6 is 0 Å². The maximum atomic E-state index is 12.1. The Kier molecular flexibility index (Phi) is 4.52. The summed E-state index contributed by atoms with van der Waals surface area (Å²) in [5.41, 5.74) is 1.62. The summed E-state index contributed by atoms with van der Waals surface area (Å²) in [7, 11) is 5.57. The van der Waals surface area contributed by atoms with Gasteiger partial charge in [-0.2, -0.15) is 0 Å². The first kappa shape index (κ1) is 13.5. The zero-order valence-electron chi connectivity index (χ0n) is 10.8. The average molecular weight is 236 g/mol. The Morgan fingerprint density at radius 2 is 2.00 bits per heavy atom. The van der Waals surface area contributed by atoms with E-state index in [0.29, 0.717) is 5.56 Å².